The summed E-state index contributed by atoms with van der Waals surface area (Å²) in [4.78, 5) is 202. The highest BCUT2D eigenvalue weighted by Gasteiger charge is 2.41. The summed E-state index contributed by atoms with van der Waals surface area (Å²) in [7, 11) is 0. The zero-order valence-corrected chi connectivity index (χ0v) is 48.4. The van der Waals surface area contributed by atoms with Gasteiger partial charge in [0.05, 0.1) is 45.1 Å². The van der Waals surface area contributed by atoms with Crippen molar-refractivity contribution >= 4 is 94.8 Å². The first-order valence-electron chi connectivity index (χ1n) is 28.2. The van der Waals surface area contributed by atoms with Gasteiger partial charge < -0.3 is 101 Å². The number of guanidine groups is 1. The van der Waals surface area contributed by atoms with Gasteiger partial charge >= 0.3 is 17.9 Å². The van der Waals surface area contributed by atoms with Gasteiger partial charge in [-0.1, -0.05) is 13.8 Å². The molecule has 20 N–H and O–H groups in total. The third-order valence-corrected chi connectivity index (χ3v) is 14.1. The summed E-state index contributed by atoms with van der Waals surface area (Å²) in [6.07, 6.45) is 0.529. The molecule has 3 fully saturated rings. The number of hydrogen-bond donors (Lipinski definition) is 16. The van der Waals surface area contributed by atoms with Crippen LogP contribution >= 0.6 is 0 Å². The summed E-state index contributed by atoms with van der Waals surface area (Å²) in [6.45, 7) is 2.25. The topological polar surface area (TPSA) is 551 Å². The smallest absolute Gasteiger partial charge is 0.326 e. The second kappa shape index (κ2) is 35.5. The molecule has 0 aromatic carbocycles. The Balaban J connectivity index is 1.63. The Labute approximate surface area is 494 Å². The van der Waals surface area contributed by atoms with Crippen molar-refractivity contribution in [1.82, 2.24) is 62.6 Å². The highest BCUT2D eigenvalue weighted by Crippen LogP contribution is 2.22. The van der Waals surface area contributed by atoms with Gasteiger partial charge in [-0.25, -0.2) is 4.79 Å². The fraction of sp³-hybridized carbons (Fsp3) is 0.686. The first-order chi connectivity index (χ1) is 40.6. The van der Waals surface area contributed by atoms with Gasteiger partial charge in [0.25, 0.3) is 0 Å². The quantitative estimate of drug-likeness (QED) is 0.0159. The fourth-order valence-electron chi connectivity index (χ4n) is 9.62. The third-order valence-electron chi connectivity index (χ3n) is 14.1. The first-order valence-corrected chi connectivity index (χ1v) is 28.2. The Bertz CT molecular complexity index is 2530. The lowest BCUT2D eigenvalue weighted by molar-refractivity contribution is -0.148. The molecule has 0 spiro atoms. The van der Waals surface area contributed by atoms with E-state index in [9.17, 15) is 87.2 Å². The lowest BCUT2D eigenvalue weighted by atomic mass is 10.0. The Hall–Kier alpha value is -8.76. The van der Waals surface area contributed by atoms with Gasteiger partial charge in [0.2, 0.25) is 70.9 Å². The molecule has 35 heteroatoms. The van der Waals surface area contributed by atoms with Crippen LogP contribution in [-0.2, 0) is 71.9 Å². The minimum absolute atomic E-state index is 0.0303. The van der Waals surface area contributed by atoms with E-state index in [0.29, 0.717) is 25.7 Å². The highest BCUT2D eigenvalue weighted by atomic mass is 16.4. The summed E-state index contributed by atoms with van der Waals surface area (Å²) in [5.74, 6) is -15.1. The van der Waals surface area contributed by atoms with Gasteiger partial charge in [-0.3, -0.25) is 72.1 Å². The first kappa shape index (κ1) is 71.5. The maximum Gasteiger partial charge on any atom is 0.326 e. The van der Waals surface area contributed by atoms with Crippen molar-refractivity contribution in [2.75, 3.05) is 58.9 Å². The van der Waals surface area contributed by atoms with Crippen molar-refractivity contribution < 1.29 is 87.2 Å². The van der Waals surface area contributed by atoms with Gasteiger partial charge in [0.1, 0.15) is 48.3 Å². The van der Waals surface area contributed by atoms with Crippen LogP contribution in [-0.4, -0.2) is 238 Å². The summed E-state index contributed by atoms with van der Waals surface area (Å²) >= 11 is 0. The van der Waals surface area contributed by atoms with Crippen LogP contribution in [0.3, 0.4) is 0 Å². The molecular weight excluding hydrogens is 1140 g/mol. The molecule has 9 atom stereocenters. The molecule has 0 aromatic heterocycles. The van der Waals surface area contributed by atoms with Gasteiger partial charge in [-0.05, 0) is 90.0 Å². The lowest BCUT2D eigenvalue weighted by Gasteiger charge is -2.30. The van der Waals surface area contributed by atoms with Crippen LogP contribution in [0.15, 0.2) is 4.99 Å². The van der Waals surface area contributed by atoms with Crippen LogP contribution < -0.4 is 70.8 Å². The number of likely N-dealkylation sites (tertiary alicyclic amines) is 3. The van der Waals surface area contributed by atoms with Crippen LogP contribution in [0.25, 0.3) is 0 Å². The van der Waals surface area contributed by atoms with Crippen LogP contribution in [0.2, 0.25) is 0 Å². The molecule has 0 radical (unpaired) electrons. The monoisotopic (exact) mass is 1220 g/mol. The number of hydrogen-bond acceptors (Lipinski definition) is 18. The SMILES string of the molecule is CC(C)[C@H](NC(=O)CNC(=O)[C@H](CC(=O)O)NC(=O)[C@H](C)N)C(=O)N1CCC[C@H]1C(=O)NCC(=O)N[C@@H](CCCCN)C(=O)N[C@@H](CC(=O)O)C(=O)NCC(=O)N1CCC[C@H]1C(=O)N[C@@H](CCCN=C(N)N)C(=O)NCC(=O)N1CCC[C@H]1C(=O)O. The van der Waals surface area contributed by atoms with Crippen molar-refractivity contribution in [1.29, 1.82) is 0 Å². The number of carbonyl (C=O) groups is 15. The van der Waals surface area contributed by atoms with Crippen LogP contribution in [0.1, 0.15) is 104 Å². The minimum Gasteiger partial charge on any atom is -0.481 e. The lowest BCUT2D eigenvalue weighted by Crippen LogP contribution is -2.58. The van der Waals surface area contributed by atoms with Crippen molar-refractivity contribution in [2.24, 2.45) is 33.8 Å². The molecule has 0 aromatic rings. The fourth-order valence-corrected chi connectivity index (χ4v) is 9.62. The largest absolute Gasteiger partial charge is 0.481 e. The standard InChI is InChI=1S/C51H83N17O18/c1-26(2)41(65-36(70)23-57-44(79)30(20-39(73)74)63-42(77)27(3)53)49(84)68-19-8-12-32(68)47(82)58-22-35(69)61-29(10-4-5-15-52)46(81)64-31(21-40(75)76)45(80)60-24-37(71)66-17-7-13-33(66)48(83)62-28(11-6-16-56-51(54)55)43(78)59-25-38(72)67-18-9-14-34(67)50(85)86/h26-34,41H,4-25,52-53H2,1-3H3,(H,57,79)(H,58,82)(H,59,78)(H,60,80)(H,61,69)(H,62,83)(H,63,77)(H,64,81)(H,65,70)(H,73,74)(H,75,76)(H,85,86)(H4,54,55,56)/t27-,28-,29-,30-,31-,32-,33-,34-,41-/m0/s1. The molecular formula is C51H83N17O18. The summed E-state index contributed by atoms with van der Waals surface area (Å²) in [5, 5.41) is 49.8. The zero-order chi connectivity index (χ0) is 64.4. The van der Waals surface area contributed by atoms with E-state index in [2.05, 4.69) is 52.8 Å². The number of carbonyl (C=O) groups excluding carboxylic acids is 12. The van der Waals surface area contributed by atoms with Crippen molar-refractivity contribution in [3.63, 3.8) is 0 Å². The predicted molar refractivity (Wildman–Crippen MR) is 299 cm³/mol. The van der Waals surface area contributed by atoms with Crippen LogP contribution in [0.5, 0.6) is 0 Å². The Morgan fingerprint density at radius 1 is 0.512 bits per heavy atom. The average molecular weight is 1220 g/mol. The minimum atomic E-state index is -1.82. The molecule has 0 unspecified atom stereocenters. The average Bonchev–Trinajstić information content (AvgIpc) is 4.42. The molecule has 3 rings (SSSR count). The van der Waals surface area contributed by atoms with Crippen LogP contribution in [0, 0.1) is 5.92 Å². The van der Waals surface area contributed by atoms with Crippen LogP contribution in [0.4, 0.5) is 0 Å². The molecule has 3 aliphatic heterocycles. The number of rotatable bonds is 35. The normalized spacial score (nSPS) is 18.3. The molecule has 3 aliphatic rings. The number of nitrogens with one attached hydrogen (secondary N) is 9. The van der Waals surface area contributed by atoms with Crippen molar-refractivity contribution in [2.45, 2.75) is 159 Å². The Morgan fingerprint density at radius 2 is 0.965 bits per heavy atom. The van der Waals surface area contributed by atoms with Crippen molar-refractivity contribution in [3.05, 3.63) is 0 Å². The van der Waals surface area contributed by atoms with E-state index in [1.807, 2.05) is 0 Å². The predicted octanol–water partition coefficient (Wildman–Crippen LogP) is -7.93. The van der Waals surface area contributed by atoms with E-state index >= 15 is 0 Å². The molecule has 86 heavy (non-hydrogen) atoms. The van der Waals surface area contributed by atoms with Gasteiger partial charge in [-0.2, -0.15) is 0 Å². The molecule has 0 bridgehead atoms. The van der Waals surface area contributed by atoms with Gasteiger partial charge in [0, 0.05) is 26.2 Å². The second-order valence-corrected chi connectivity index (χ2v) is 21.2. The maximum absolute atomic E-state index is 13.9. The molecule has 0 saturated carbocycles. The number of carboxylic acid groups (broad SMARTS) is 3. The third kappa shape index (κ3) is 23.4. The Kier molecular flexibility index (Phi) is 29.5. The van der Waals surface area contributed by atoms with Gasteiger partial charge in [0.15, 0.2) is 5.96 Å². The molecule has 3 saturated heterocycles. The van der Waals surface area contributed by atoms with E-state index in [-0.39, 0.29) is 83.6 Å². The summed E-state index contributed by atoms with van der Waals surface area (Å²) in [6, 6.07) is -11.7. The van der Waals surface area contributed by atoms with E-state index < -0.39 is 188 Å². The Morgan fingerprint density at radius 3 is 1.48 bits per heavy atom. The molecule has 12 amide bonds. The van der Waals surface area contributed by atoms with E-state index in [1.54, 1.807) is 13.8 Å². The summed E-state index contributed by atoms with van der Waals surface area (Å²) < 4.78 is 0. The molecule has 3 heterocycles. The molecule has 35 nitrogen and oxygen atoms in total. The number of aliphatic carboxylic acids is 3. The number of carboxylic acids is 3. The number of aliphatic imine (C=N–C) groups is 1. The highest BCUT2D eigenvalue weighted by molar-refractivity contribution is 5.99. The molecule has 0 aliphatic carbocycles. The number of nitrogens with two attached hydrogens (primary N) is 4. The number of nitrogens with zero attached hydrogens (tertiary/aromatic N) is 4. The number of amides is 12. The maximum atomic E-state index is 13.9. The van der Waals surface area contributed by atoms with E-state index in [1.165, 1.54) is 11.8 Å². The second-order valence-electron chi connectivity index (χ2n) is 21.2. The molecule has 480 valence electrons. The van der Waals surface area contributed by atoms with Crippen molar-refractivity contribution in [3.8, 4) is 0 Å². The zero-order valence-electron chi connectivity index (χ0n) is 48.4. The van der Waals surface area contributed by atoms with E-state index in [4.69, 9.17) is 22.9 Å². The summed E-state index contributed by atoms with van der Waals surface area (Å²) in [5.41, 5.74) is 22.0. The van der Waals surface area contributed by atoms with Gasteiger partial charge in [-0.15, -0.1) is 0 Å². The number of unbranched alkanes of at least 4 members (excludes halogenated alkanes) is 1. The van der Waals surface area contributed by atoms with E-state index in [0.717, 1.165) is 9.80 Å².